The van der Waals surface area contributed by atoms with Crippen molar-refractivity contribution < 1.29 is 18.3 Å². The van der Waals surface area contributed by atoms with Gasteiger partial charge in [0.2, 0.25) is 0 Å². The second-order valence-corrected chi connectivity index (χ2v) is 5.32. The van der Waals surface area contributed by atoms with E-state index >= 15 is 0 Å². The monoisotopic (exact) mass is 319 g/mol. The summed E-state index contributed by atoms with van der Waals surface area (Å²) in [6.45, 7) is 3.88. The first-order valence-electron chi connectivity index (χ1n) is 7.22. The first-order valence-corrected chi connectivity index (χ1v) is 7.22. The molecule has 0 saturated carbocycles. The molecule has 0 aliphatic heterocycles. The average Bonchev–Trinajstić information content (AvgIpc) is 2.54. The van der Waals surface area contributed by atoms with E-state index in [2.05, 4.69) is 4.98 Å². The summed E-state index contributed by atoms with van der Waals surface area (Å²) in [5.74, 6) is -0.101. The number of nitrogens with zero attached hydrogens (tertiary/aromatic N) is 1. The molecule has 0 saturated heterocycles. The van der Waals surface area contributed by atoms with Crippen LogP contribution in [0.4, 0.5) is 8.78 Å². The molecule has 0 radical (unpaired) electrons. The molecule has 1 aromatic carbocycles. The van der Waals surface area contributed by atoms with Crippen LogP contribution < -0.4 is 9.47 Å². The van der Waals surface area contributed by atoms with Crippen LogP contribution in [0, 0.1) is 11.6 Å². The van der Waals surface area contributed by atoms with E-state index in [1.54, 1.807) is 18.2 Å². The van der Waals surface area contributed by atoms with Gasteiger partial charge in [-0.3, -0.25) is 4.98 Å². The Bertz CT molecular complexity index is 710. The molecule has 2 rings (SSSR count). The summed E-state index contributed by atoms with van der Waals surface area (Å²) in [5, 5.41) is 0. The quantitative estimate of drug-likeness (QED) is 0.802. The van der Waals surface area contributed by atoms with Gasteiger partial charge in [-0.2, -0.15) is 0 Å². The van der Waals surface area contributed by atoms with Crippen molar-refractivity contribution in [2.45, 2.75) is 19.8 Å². The number of aromatic nitrogens is 1. The molecule has 3 nitrogen and oxygen atoms in total. The van der Waals surface area contributed by atoms with Gasteiger partial charge in [0, 0.05) is 11.1 Å². The molecule has 0 amide bonds. The molecule has 2 aromatic rings. The highest BCUT2D eigenvalue weighted by molar-refractivity contribution is 5.71. The normalized spacial score (nSPS) is 11.3. The zero-order valence-corrected chi connectivity index (χ0v) is 13.6. The summed E-state index contributed by atoms with van der Waals surface area (Å²) < 4.78 is 38.1. The van der Waals surface area contributed by atoms with Crippen molar-refractivity contribution in [3.05, 3.63) is 52.9 Å². The number of hydrogen-bond donors (Lipinski definition) is 0. The van der Waals surface area contributed by atoms with E-state index in [9.17, 15) is 8.78 Å². The first-order chi connectivity index (χ1) is 11.0. The smallest absolute Gasteiger partial charge is 0.172 e. The van der Waals surface area contributed by atoms with Crippen LogP contribution in [0.2, 0.25) is 0 Å². The van der Waals surface area contributed by atoms with Gasteiger partial charge in [0.1, 0.15) is 11.6 Å². The van der Waals surface area contributed by atoms with Crippen LogP contribution >= 0.6 is 0 Å². The molecule has 1 aromatic heterocycles. The fourth-order valence-corrected chi connectivity index (χ4v) is 2.34. The van der Waals surface area contributed by atoms with E-state index in [0.29, 0.717) is 22.6 Å². The van der Waals surface area contributed by atoms with E-state index < -0.39 is 11.6 Å². The Hall–Kier alpha value is -2.43. The Labute approximate surface area is 134 Å². The van der Waals surface area contributed by atoms with Crippen LogP contribution in [-0.4, -0.2) is 19.2 Å². The number of rotatable bonds is 5. The predicted molar refractivity (Wildman–Crippen MR) is 86.7 cm³/mol. The highest BCUT2D eigenvalue weighted by Gasteiger charge is 2.21. The minimum atomic E-state index is -0.463. The van der Waals surface area contributed by atoms with Crippen LogP contribution in [0.1, 0.15) is 36.6 Å². The van der Waals surface area contributed by atoms with E-state index in [-0.39, 0.29) is 11.7 Å². The molecule has 23 heavy (non-hydrogen) atoms. The van der Waals surface area contributed by atoms with Crippen LogP contribution in [0.15, 0.2) is 24.4 Å². The van der Waals surface area contributed by atoms with Crippen LogP contribution in [0.3, 0.4) is 0 Å². The van der Waals surface area contributed by atoms with Crippen molar-refractivity contribution in [2.75, 3.05) is 14.2 Å². The van der Waals surface area contributed by atoms with E-state index in [4.69, 9.17) is 9.47 Å². The highest BCUT2D eigenvalue weighted by Crippen LogP contribution is 2.39. The molecular weight excluding hydrogens is 300 g/mol. The van der Waals surface area contributed by atoms with Crippen molar-refractivity contribution in [1.29, 1.82) is 0 Å². The molecule has 0 atom stereocenters. The van der Waals surface area contributed by atoms with Gasteiger partial charge in [0.25, 0.3) is 0 Å². The van der Waals surface area contributed by atoms with Crippen molar-refractivity contribution in [2.24, 2.45) is 0 Å². The number of halogens is 2. The number of ether oxygens (including phenoxy) is 2. The lowest BCUT2D eigenvalue weighted by molar-refractivity contribution is 0.362. The molecule has 0 fully saturated rings. The topological polar surface area (TPSA) is 31.4 Å². The summed E-state index contributed by atoms with van der Waals surface area (Å²) in [6.07, 6.45) is 4.27. The molecule has 0 aliphatic rings. The van der Waals surface area contributed by atoms with Crippen molar-refractivity contribution in [3.63, 3.8) is 0 Å². The maximum absolute atomic E-state index is 14.7. The Morgan fingerprint density at radius 1 is 1.09 bits per heavy atom. The summed E-state index contributed by atoms with van der Waals surface area (Å²) >= 11 is 0. The van der Waals surface area contributed by atoms with Gasteiger partial charge in [-0.25, -0.2) is 8.78 Å². The zero-order valence-electron chi connectivity index (χ0n) is 13.6. The van der Waals surface area contributed by atoms with Crippen LogP contribution in [-0.2, 0) is 0 Å². The van der Waals surface area contributed by atoms with Crippen LogP contribution in [0.25, 0.3) is 12.2 Å². The Morgan fingerprint density at radius 3 is 2.35 bits per heavy atom. The molecule has 5 heteroatoms. The van der Waals surface area contributed by atoms with Crippen molar-refractivity contribution >= 4 is 12.2 Å². The Kier molecular flexibility index (Phi) is 5.32. The summed E-state index contributed by atoms with van der Waals surface area (Å²) in [5.41, 5.74) is 1.52. The number of pyridine rings is 1. The van der Waals surface area contributed by atoms with E-state index in [1.807, 2.05) is 13.8 Å². The van der Waals surface area contributed by atoms with E-state index in [1.165, 1.54) is 26.4 Å². The predicted octanol–water partition coefficient (Wildman–Crippen LogP) is 4.67. The minimum absolute atomic E-state index is 0.0474. The molecule has 1 heterocycles. The van der Waals surface area contributed by atoms with Gasteiger partial charge in [0.05, 0.1) is 26.1 Å². The molecule has 0 unspecified atom stereocenters. The molecular formula is C18H19F2NO2. The Morgan fingerprint density at radius 2 is 1.83 bits per heavy atom. The lowest BCUT2D eigenvalue weighted by Crippen LogP contribution is -2.03. The zero-order chi connectivity index (χ0) is 17.0. The SMILES string of the molecule is COc1cc(C=Cc2ccc(F)cn2)c(F)c(OC)c1C(C)C. The first kappa shape index (κ1) is 16.9. The minimum Gasteiger partial charge on any atom is -0.496 e. The van der Waals surface area contributed by atoms with E-state index in [0.717, 1.165) is 6.20 Å². The number of benzene rings is 1. The molecule has 0 spiro atoms. The molecule has 0 bridgehead atoms. The molecule has 122 valence electrons. The largest absolute Gasteiger partial charge is 0.496 e. The number of hydrogen-bond acceptors (Lipinski definition) is 3. The second kappa shape index (κ2) is 7.22. The summed E-state index contributed by atoms with van der Waals surface area (Å²) in [6, 6.07) is 4.43. The lowest BCUT2D eigenvalue weighted by Gasteiger charge is -2.18. The van der Waals surface area contributed by atoms with Gasteiger partial charge < -0.3 is 9.47 Å². The van der Waals surface area contributed by atoms with Gasteiger partial charge >= 0.3 is 0 Å². The van der Waals surface area contributed by atoms with Crippen molar-refractivity contribution in [1.82, 2.24) is 4.98 Å². The third kappa shape index (κ3) is 3.67. The maximum atomic E-state index is 14.7. The fourth-order valence-electron chi connectivity index (χ4n) is 2.34. The third-order valence-corrected chi connectivity index (χ3v) is 3.43. The maximum Gasteiger partial charge on any atom is 0.172 e. The van der Waals surface area contributed by atoms with Crippen molar-refractivity contribution in [3.8, 4) is 11.5 Å². The lowest BCUT2D eigenvalue weighted by atomic mass is 9.97. The van der Waals surface area contributed by atoms with Gasteiger partial charge in [-0.15, -0.1) is 0 Å². The second-order valence-electron chi connectivity index (χ2n) is 5.32. The van der Waals surface area contributed by atoms with Gasteiger partial charge in [-0.05, 0) is 36.3 Å². The van der Waals surface area contributed by atoms with Gasteiger partial charge in [0.15, 0.2) is 11.6 Å². The van der Waals surface area contributed by atoms with Crippen LogP contribution in [0.5, 0.6) is 11.5 Å². The highest BCUT2D eigenvalue weighted by atomic mass is 19.1. The standard InChI is InChI=1S/C18H19F2NO2/c1-11(2)16-15(22-3)9-12(17(20)18(16)23-4)5-7-14-8-6-13(19)10-21-14/h5-11H,1-4H3. The average molecular weight is 319 g/mol. The van der Waals surface area contributed by atoms with Gasteiger partial charge in [-0.1, -0.05) is 13.8 Å². The third-order valence-electron chi connectivity index (χ3n) is 3.43. The Balaban J connectivity index is 2.48. The fraction of sp³-hybridized carbons (Fsp3) is 0.278. The molecule has 0 aliphatic carbocycles. The summed E-state index contributed by atoms with van der Waals surface area (Å²) in [7, 11) is 2.96. The summed E-state index contributed by atoms with van der Waals surface area (Å²) in [4.78, 5) is 3.91. The molecule has 0 N–H and O–H groups in total. The number of methoxy groups -OCH3 is 2.